The predicted octanol–water partition coefficient (Wildman–Crippen LogP) is 2.35. The molecule has 94 valence electrons. The van der Waals surface area contributed by atoms with E-state index in [0.29, 0.717) is 13.1 Å². The lowest BCUT2D eigenvalue weighted by molar-refractivity contribution is 0.335. The summed E-state index contributed by atoms with van der Waals surface area (Å²) in [6.45, 7) is 1.39. The highest BCUT2D eigenvalue weighted by Gasteiger charge is 2.38. The van der Waals surface area contributed by atoms with Crippen molar-refractivity contribution < 1.29 is 8.42 Å². The molecule has 1 aliphatic carbocycles. The molecule has 0 radical (unpaired) electrons. The van der Waals surface area contributed by atoms with Gasteiger partial charge in [-0.05, 0) is 25.7 Å². The molecule has 2 fully saturated rings. The van der Waals surface area contributed by atoms with Gasteiger partial charge < -0.3 is 0 Å². The lowest BCUT2D eigenvalue weighted by Gasteiger charge is -2.34. The van der Waals surface area contributed by atoms with Gasteiger partial charge in [0.1, 0.15) is 0 Å². The molecule has 2 aliphatic rings. The largest absolute Gasteiger partial charge is 0.218 e. The average molecular weight is 266 g/mol. The molecule has 0 N–H and O–H groups in total. The third kappa shape index (κ3) is 2.54. The van der Waals surface area contributed by atoms with E-state index in [9.17, 15) is 8.42 Å². The maximum Gasteiger partial charge on any atom is 0.218 e. The standard InChI is InChI=1S/C11H20ClNO2S/c12-10-6-2-3-7-11(10)16(14,15)13-8-4-1-5-9-13/h10-11H,1-9H2/t10-,11-/m1/s1. The summed E-state index contributed by atoms with van der Waals surface area (Å²) in [5, 5.41) is -0.512. The maximum absolute atomic E-state index is 12.4. The smallest absolute Gasteiger partial charge is 0.212 e. The van der Waals surface area contributed by atoms with Gasteiger partial charge in [0.25, 0.3) is 0 Å². The minimum absolute atomic E-state index is 0.180. The molecular weight excluding hydrogens is 246 g/mol. The molecule has 1 aliphatic heterocycles. The fourth-order valence-corrected chi connectivity index (χ4v) is 5.49. The summed E-state index contributed by atoms with van der Waals surface area (Å²) in [6.07, 6.45) is 6.81. The summed E-state index contributed by atoms with van der Waals surface area (Å²) >= 11 is 6.18. The van der Waals surface area contributed by atoms with Gasteiger partial charge in [-0.25, -0.2) is 12.7 Å². The molecule has 0 aromatic carbocycles. The summed E-state index contributed by atoms with van der Waals surface area (Å²) in [4.78, 5) is 0. The molecule has 3 nitrogen and oxygen atoms in total. The Morgan fingerprint density at radius 2 is 1.56 bits per heavy atom. The number of sulfonamides is 1. The van der Waals surface area contributed by atoms with Crippen molar-refractivity contribution in [2.45, 2.75) is 55.6 Å². The number of nitrogens with zero attached hydrogens (tertiary/aromatic N) is 1. The highest BCUT2D eigenvalue weighted by Crippen LogP contribution is 2.31. The highest BCUT2D eigenvalue weighted by molar-refractivity contribution is 7.89. The number of hydrogen-bond acceptors (Lipinski definition) is 2. The predicted molar refractivity (Wildman–Crippen MR) is 66.2 cm³/mol. The van der Waals surface area contributed by atoms with Gasteiger partial charge in [0.05, 0.1) is 10.6 Å². The lowest BCUT2D eigenvalue weighted by atomic mass is 10.00. The molecule has 0 spiro atoms. The Morgan fingerprint density at radius 3 is 2.19 bits per heavy atom. The number of rotatable bonds is 2. The van der Waals surface area contributed by atoms with Gasteiger partial charge in [0, 0.05) is 13.1 Å². The van der Waals surface area contributed by atoms with Crippen molar-refractivity contribution in [3.63, 3.8) is 0 Å². The van der Waals surface area contributed by atoms with Crippen LogP contribution in [0, 0.1) is 0 Å². The van der Waals surface area contributed by atoms with E-state index in [-0.39, 0.29) is 10.6 Å². The zero-order chi connectivity index (χ0) is 11.6. The third-order valence-corrected chi connectivity index (χ3v) is 6.77. The molecular formula is C11H20ClNO2S. The van der Waals surface area contributed by atoms with Crippen LogP contribution in [0.1, 0.15) is 44.9 Å². The van der Waals surface area contributed by atoms with E-state index in [1.54, 1.807) is 4.31 Å². The summed E-state index contributed by atoms with van der Waals surface area (Å²) in [6, 6.07) is 0. The SMILES string of the molecule is O=S(=O)([C@@H]1CCCC[C@H]1Cl)N1CCCCC1. The monoisotopic (exact) mass is 265 g/mol. The molecule has 0 aromatic heterocycles. The Kier molecular flexibility index (Phi) is 4.14. The molecule has 0 amide bonds. The van der Waals surface area contributed by atoms with Crippen molar-refractivity contribution in [3.05, 3.63) is 0 Å². The Hall–Kier alpha value is 0.200. The van der Waals surface area contributed by atoms with E-state index in [2.05, 4.69) is 0 Å². The minimum atomic E-state index is -3.13. The van der Waals surface area contributed by atoms with Crippen molar-refractivity contribution in [1.29, 1.82) is 0 Å². The Labute approximate surface area is 103 Å². The van der Waals surface area contributed by atoms with Gasteiger partial charge >= 0.3 is 0 Å². The van der Waals surface area contributed by atoms with Crippen LogP contribution in [0.3, 0.4) is 0 Å². The average Bonchev–Trinajstić information content (AvgIpc) is 2.30. The summed E-state index contributed by atoms with van der Waals surface area (Å²) in [5.41, 5.74) is 0. The Morgan fingerprint density at radius 1 is 0.938 bits per heavy atom. The number of hydrogen-bond donors (Lipinski definition) is 0. The van der Waals surface area contributed by atoms with Crippen LogP contribution in [-0.2, 0) is 10.0 Å². The number of alkyl halides is 1. The van der Waals surface area contributed by atoms with Crippen LogP contribution in [0.25, 0.3) is 0 Å². The van der Waals surface area contributed by atoms with Gasteiger partial charge in [0.15, 0.2) is 0 Å². The third-order valence-electron chi connectivity index (χ3n) is 3.68. The zero-order valence-corrected chi connectivity index (χ0v) is 11.1. The first-order valence-electron chi connectivity index (χ1n) is 6.25. The van der Waals surface area contributed by atoms with Gasteiger partial charge in [-0.2, -0.15) is 0 Å². The topological polar surface area (TPSA) is 37.4 Å². The van der Waals surface area contributed by atoms with Crippen LogP contribution >= 0.6 is 11.6 Å². The second kappa shape index (κ2) is 5.23. The molecule has 2 rings (SSSR count). The van der Waals surface area contributed by atoms with E-state index >= 15 is 0 Å². The van der Waals surface area contributed by atoms with Crippen molar-refractivity contribution in [1.82, 2.24) is 4.31 Å². The minimum Gasteiger partial charge on any atom is -0.212 e. The van der Waals surface area contributed by atoms with E-state index in [1.807, 2.05) is 0 Å². The highest BCUT2D eigenvalue weighted by atomic mass is 35.5. The van der Waals surface area contributed by atoms with E-state index < -0.39 is 10.0 Å². The summed E-state index contributed by atoms with van der Waals surface area (Å²) in [5.74, 6) is 0. The Bertz CT molecular complexity index is 325. The molecule has 0 unspecified atom stereocenters. The molecule has 1 saturated heterocycles. The quantitative estimate of drug-likeness (QED) is 0.719. The van der Waals surface area contributed by atoms with Crippen molar-refractivity contribution in [2.75, 3.05) is 13.1 Å². The van der Waals surface area contributed by atoms with Crippen LogP contribution in [0.15, 0.2) is 0 Å². The molecule has 1 saturated carbocycles. The van der Waals surface area contributed by atoms with Gasteiger partial charge in [-0.1, -0.05) is 19.3 Å². The molecule has 0 bridgehead atoms. The fraction of sp³-hybridized carbons (Fsp3) is 1.00. The number of piperidine rings is 1. The molecule has 1 heterocycles. The normalized spacial score (nSPS) is 33.8. The van der Waals surface area contributed by atoms with Gasteiger partial charge in [0.2, 0.25) is 10.0 Å². The first-order valence-corrected chi connectivity index (χ1v) is 8.19. The van der Waals surface area contributed by atoms with E-state index in [0.717, 1.165) is 44.9 Å². The van der Waals surface area contributed by atoms with E-state index in [4.69, 9.17) is 11.6 Å². The molecule has 0 aromatic rings. The fourth-order valence-electron chi connectivity index (χ4n) is 2.70. The van der Waals surface area contributed by atoms with Crippen molar-refractivity contribution in [3.8, 4) is 0 Å². The zero-order valence-electron chi connectivity index (χ0n) is 9.57. The molecule has 5 heteroatoms. The molecule has 16 heavy (non-hydrogen) atoms. The number of halogens is 1. The second-order valence-corrected chi connectivity index (χ2v) is 7.56. The Balaban J connectivity index is 2.10. The first-order chi connectivity index (χ1) is 7.62. The van der Waals surface area contributed by atoms with Crippen molar-refractivity contribution >= 4 is 21.6 Å². The lowest BCUT2D eigenvalue weighted by Crippen LogP contribution is -2.46. The van der Waals surface area contributed by atoms with Gasteiger partial charge in [-0.15, -0.1) is 11.6 Å². The van der Waals surface area contributed by atoms with Crippen LogP contribution in [0.5, 0.6) is 0 Å². The second-order valence-electron chi connectivity index (χ2n) is 4.84. The maximum atomic E-state index is 12.4. The first kappa shape index (κ1) is 12.7. The molecule has 2 atom stereocenters. The van der Waals surface area contributed by atoms with Crippen LogP contribution in [0.4, 0.5) is 0 Å². The summed E-state index contributed by atoms with van der Waals surface area (Å²) < 4.78 is 26.5. The van der Waals surface area contributed by atoms with E-state index in [1.165, 1.54) is 0 Å². The van der Waals surface area contributed by atoms with Crippen LogP contribution < -0.4 is 0 Å². The van der Waals surface area contributed by atoms with Crippen molar-refractivity contribution in [2.24, 2.45) is 0 Å². The van der Waals surface area contributed by atoms with Crippen LogP contribution in [0.2, 0.25) is 0 Å². The summed E-state index contributed by atoms with van der Waals surface area (Å²) in [7, 11) is -3.13. The van der Waals surface area contributed by atoms with Gasteiger partial charge in [-0.3, -0.25) is 0 Å². The van der Waals surface area contributed by atoms with Crippen LogP contribution in [-0.4, -0.2) is 36.4 Å².